The summed E-state index contributed by atoms with van der Waals surface area (Å²) in [5.74, 6) is 1.42. The summed E-state index contributed by atoms with van der Waals surface area (Å²) in [6.45, 7) is 2.11. The number of unbranched alkanes of at least 4 members (excludes halogenated alkanes) is 1. The van der Waals surface area contributed by atoms with E-state index in [1.165, 1.54) is 0 Å². The first-order valence-electron chi connectivity index (χ1n) is 5.17. The van der Waals surface area contributed by atoms with Gasteiger partial charge in [-0.15, -0.1) is 0 Å². The summed E-state index contributed by atoms with van der Waals surface area (Å²) in [7, 11) is 3.15. The largest absolute Gasteiger partial charge is 0.504 e. The summed E-state index contributed by atoms with van der Waals surface area (Å²) in [5, 5.41) is 9.92. The van der Waals surface area contributed by atoms with E-state index in [1.54, 1.807) is 20.3 Å². The molecule has 0 unspecified atom stereocenters. The zero-order valence-corrected chi connectivity index (χ0v) is 9.54. The lowest BCUT2D eigenvalue weighted by Crippen LogP contribution is -1.95. The molecule has 0 aliphatic heterocycles. The lowest BCUT2D eigenvalue weighted by atomic mass is 10.1. The Labute approximate surface area is 90.6 Å². The van der Waals surface area contributed by atoms with Crippen molar-refractivity contribution in [2.45, 2.75) is 26.2 Å². The Bertz CT molecular complexity index is 321. The summed E-state index contributed by atoms with van der Waals surface area (Å²) in [4.78, 5) is 0. The quantitative estimate of drug-likeness (QED) is 0.812. The second-order valence-corrected chi connectivity index (χ2v) is 3.40. The van der Waals surface area contributed by atoms with Crippen LogP contribution >= 0.6 is 0 Å². The average Bonchev–Trinajstić information content (AvgIpc) is 2.27. The molecule has 0 aromatic heterocycles. The van der Waals surface area contributed by atoms with E-state index in [0.717, 1.165) is 30.6 Å². The Balaban J connectivity index is 3.05. The predicted molar refractivity (Wildman–Crippen MR) is 59.8 cm³/mol. The number of aromatic hydroxyl groups is 1. The first-order chi connectivity index (χ1) is 7.24. The van der Waals surface area contributed by atoms with Crippen molar-refractivity contribution in [3.63, 3.8) is 0 Å². The third kappa shape index (κ3) is 2.55. The summed E-state index contributed by atoms with van der Waals surface area (Å²) in [6.07, 6.45) is 2.92. The summed E-state index contributed by atoms with van der Waals surface area (Å²) in [6, 6.07) is 3.53. The summed E-state index contributed by atoms with van der Waals surface area (Å²) < 4.78 is 10.3. The fraction of sp³-hybridized carbons (Fsp3) is 0.500. The van der Waals surface area contributed by atoms with Crippen LogP contribution in [0, 0.1) is 0 Å². The van der Waals surface area contributed by atoms with E-state index in [2.05, 4.69) is 6.92 Å². The molecule has 0 aliphatic carbocycles. The predicted octanol–water partition coefficient (Wildman–Crippen LogP) is 2.75. The van der Waals surface area contributed by atoms with Crippen molar-refractivity contribution < 1.29 is 14.6 Å². The third-order valence-corrected chi connectivity index (χ3v) is 2.42. The molecule has 0 spiro atoms. The minimum absolute atomic E-state index is 0.199. The van der Waals surface area contributed by atoms with Crippen LogP contribution in [0.1, 0.15) is 25.3 Å². The van der Waals surface area contributed by atoms with Gasteiger partial charge in [-0.1, -0.05) is 13.3 Å². The zero-order chi connectivity index (χ0) is 11.3. The molecule has 0 aliphatic rings. The molecule has 3 heteroatoms. The van der Waals surface area contributed by atoms with Gasteiger partial charge in [0.15, 0.2) is 11.5 Å². The number of hydrogen-bond acceptors (Lipinski definition) is 3. The molecule has 0 heterocycles. The molecule has 1 aromatic carbocycles. The van der Waals surface area contributed by atoms with E-state index in [4.69, 9.17) is 9.47 Å². The van der Waals surface area contributed by atoms with Crippen molar-refractivity contribution in [3.05, 3.63) is 17.7 Å². The van der Waals surface area contributed by atoms with Gasteiger partial charge in [-0.3, -0.25) is 0 Å². The third-order valence-electron chi connectivity index (χ3n) is 2.42. The van der Waals surface area contributed by atoms with Crippen molar-refractivity contribution in [1.82, 2.24) is 0 Å². The van der Waals surface area contributed by atoms with Crippen molar-refractivity contribution >= 4 is 0 Å². The Morgan fingerprint density at radius 3 is 2.27 bits per heavy atom. The van der Waals surface area contributed by atoms with E-state index in [9.17, 15) is 5.11 Å². The molecule has 0 radical (unpaired) electrons. The fourth-order valence-corrected chi connectivity index (χ4v) is 1.55. The van der Waals surface area contributed by atoms with Gasteiger partial charge >= 0.3 is 0 Å². The van der Waals surface area contributed by atoms with E-state index >= 15 is 0 Å². The fourth-order valence-electron chi connectivity index (χ4n) is 1.55. The van der Waals surface area contributed by atoms with Gasteiger partial charge < -0.3 is 14.6 Å². The van der Waals surface area contributed by atoms with Crippen LogP contribution in [0.15, 0.2) is 12.1 Å². The van der Waals surface area contributed by atoms with Crippen LogP contribution in [0.25, 0.3) is 0 Å². The van der Waals surface area contributed by atoms with Crippen LogP contribution in [0.3, 0.4) is 0 Å². The summed E-state index contributed by atoms with van der Waals surface area (Å²) >= 11 is 0. The minimum Gasteiger partial charge on any atom is -0.504 e. The monoisotopic (exact) mass is 210 g/mol. The summed E-state index contributed by atoms with van der Waals surface area (Å²) in [5.41, 5.74) is 0.832. The first-order valence-corrected chi connectivity index (χ1v) is 5.17. The molecule has 3 nitrogen and oxygen atoms in total. The normalized spacial score (nSPS) is 10.1. The highest BCUT2D eigenvalue weighted by molar-refractivity contribution is 5.53. The van der Waals surface area contributed by atoms with Crippen molar-refractivity contribution in [2.24, 2.45) is 0 Å². The first kappa shape index (κ1) is 11.7. The molecule has 0 atom stereocenters. The smallest absolute Gasteiger partial charge is 0.164 e. The number of methoxy groups -OCH3 is 2. The lowest BCUT2D eigenvalue weighted by molar-refractivity contribution is 0.360. The van der Waals surface area contributed by atoms with Crippen molar-refractivity contribution in [1.29, 1.82) is 0 Å². The molecule has 0 saturated carbocycles. The Hall–Kier alpha value is -1.38. The molecule has 84 valence electrons. The molecule has 1 aromatic rings. The van der Waals surface area contributed by atoms with Gasteiger partial charge in [0.1, 0.15) is 5.75 Å². The van der Waals surface area contributed by atoms with Gasteiger partial charge in [0.2, 0.25) is 0 Å². The average molecular weight is 210 g/mol. The van der Waals surface area contributed by atoms with Crippen LogP contribution in [0.5, 0.6) is 17.2 Å². The number of phenolic OH excluding ortho intramolecular Hbond substituents is 1. The molecule has 0 fully saturated rings. The number of benzene rings is 1. The van der Waals surface area contributed by atoms with Gasteiger partial charge in [-0.05, 0) is 25.0 Å². The van der Waals surface area contributed by atoms with Crippen LogP contribution in [-0.4, -0.2) is 19.3 Å². The van der Waals surface area contributed by atoms with Gasteiger partial charge in [-0.25, -0.2) is 0 Å². The molecule has 1 rings (SSSR count). The maximum Gasteiger partial charge on any atom is 0.164 e. The van der Waals surface area contributed by atoms with Gasteiger partial charge in [-0.2, -0.15) is 0 Å². The molecule has 1 N–H and O–H groups in total. The van der Waals surface area contributed by atoms with Crippen LogP contribution in [0.4, 0.5) is 0 Å². The number of rotatable bonds is 5. The van der Waals surface area contributed by atoms with Gasteiger partial charge in [0, 0.05) is 5.56 Å². The minimum atomic E-state index is 0.199. The number of ether oxygens (including phenoxy) is 2. The highest BCUT2D eigenvalue weighted by atomic mass is 16.5. The second kappa shape index (κ2) is 5.49. The van der Waals surface area contributed by atoms with E-state index in [1.807, 2.05) is 6.07 Å². The molecule has 0 bridgehead atoms. The van der Waals surface area contributed by atoms with Crippen LogP contribution in [-0.2, 0) is 6.42 Å². The van der Waals surface area contributed by atoms with Gasteiger partial charge in [0.25, 0.3) is 0 Å². The molecule has 0 amide bonds. The highest BCUT2D eigenvalue weighted by Gasteiger charge is 2.12. The zero-order valence-electron chi connectivity index (χ0n) is 9.54. The number of hydrogen-bond donors (Lipinski definition) is 1. The lowest BCUT2D eigenvalue weighted by Gasteiger charge is -2.12. The van der Waals surface area contributed by atoms with E-state index in [-0.39, 0.29) is 5.75 Å². The van der Waals surface area contributed by atoms with Gasteiger partial charge in [0.05, 0.1) is 14.2 Å². The SMILES string of the molecule is CCCCc1c(OC)ccc(OC)c1O. The molecular formula is C12H18O3. The standard InChI is InChI=1S/C12H18O3/c1-4-5-6-9-10(14-2)7-8-11(15-3)12(9)13/h7-8,13H,4-6H2,1-3H3. The van der Waals surface area contributed by atoms with Crippen LogP contribution in [0.2, 0.25) is 0 Å². The van der Waals surface area contributed by atoms with Crippen molar-refractivity contribution in [3.8, 4) is 17.2 Å². The Morgan fingerprint density at radius 2 is 1.73 bits per heavy atom. The number of phenols is 1. The Morgan fingerprint density at radius 1 is 1.13 bits per heavy atom. The topological polar surface area (TPSA) is 38.7 Å². The highest BCUT2D eigenvalue weighted by Crippen LogP contribution is 2.37. The van der Waals surface area contributed by atoms with E-state index in [0.29, 0.717) is 5.75 Å². The second-order valence-electron chi connectivity index (χ2n) is 3.40. The molecule has 15 heavy (non-hydrogen) atoms. The van der Waals surface area contributed by atoms with Crippen molar-refractivity contribution in [2.75, 3.05) is 14.2 Å². The molecular weight excluding hydrogens is 192 g/mol. The Kier molecular flexibility index (Phi) is 4.28. The molecule has 0 saturated heterocycles. The van der Waals surface area contributed by atoms with Crippen LogP contribution < -0.4 is 9.47 Å². The maximum atomic E-state index is 9.92. The maximum absolute atomic E-state index is 9.92. The van der Waals surface area contributed by atoms with E-state index < -0.39 is 0 Å².